The number of carbonyl (C=O) groups excluding carboxylic acids is 1. The number of nitrogens with zero attached hydrogens (tertiary/aromatic N) is 2. The van der Waals surface area contributed by atoms with Gasteiger partial charge in [0.25, 0.3) is 0 Å². The number of hydrogen-bond acceptors (Lipinski definition) is 2. The highest BCUT2D eigenvalue weighted by molar-refractivity contribution is 5.92. The largest absolute Gasteiger partial charge is 0.309 e. The Hall–Kier alpha value is -2.13. The number of rotatable bonds is 5. The summed E-state index contributed by atoms with van der Waals surface area (Å²) in [5.74, 6) is 0.150. The topological polar surface area (TPSA) is 23.6 Å². The molecule has 2 aromatic rings. The Morgan fingerprint density at radius 2 is 1.68 bits per heavy atom. The van der Waals surface area contributed by atoms with E-state index in [0.29, 0.717) is 6.04 Å². The molecule has 0 bridgehead atoms. The maximum atomic E-state index is 12.3. The molecule has 0 unspecified atom stereocenters. The second kappa shape index (κ2) is 8.30. The molecule has 0 aromatic heterocycles. The van der Waals surface area contributed by atoms with E-state index in [1.165, 1.54) is 11.1 Å². The predicted octanol–water partition coefficient (Wildman–Crippen LogP) is 4.06. The zero-order chi connectivity index (χ0) is 17.6. The van der Waals surface area contributed by atoms with Gasteiger partial charge in [-0.1, -0.05) is 48.5 Å². The molecule has 1 fully saturated rings. The Balaban J connectivity index is 1.58. The number of anilines is 1. The molecule has 0 spiro atoms. The number of hydrogen-bond donors (Lipinski definition) is 0. The number of piperidine rings is 1. The van der Waals surface area contributed by atoms with Crippen molar-refractivity contribution in [3.8, 4) is 0 Å². The van der Waals surface area contributed by atoms with Crippen molar-refractivity contribution in [2.24, 2.45) is 0 Å². The van der Waals surface area contributed by atoms with Crippen LogP contribution in [-0.2, 0) is 11.2 Å². The van der Waals surface area contributed by atoms with Gasteiger partial charge >= 0.3 is 0 Å². The highest BCUT2D eigenvalue weighted by Crippen LogP contribution is 2.26. The van der Waals surface area contributed by atoms with E-state index in [2.05, 4.69) is 54.3 Å². The molecule has 0 saturated carbocycles. The molecular weight excluding hydrogens is 308 g/mol. The van der Waals surface area contributed by atoms with Crippen molar-refractivity contribution >= 4 is 11.6 Å². The lowest BCUT2D eigenvalue weighted by Gasteiger charge is -2.38. The number of amides is 1. The van der Waals surface area contributed by atoms with E-state index < -0.39 is 0 Å². The van der Waals surface area contributed by atoms with Crippen molar-refractivity contribution in [1.29, 1.82) is 0 Å². The lowest BCUT2D eigenvalue weighted by atomic mass is 10.0. The fraction of sp³-hybridized carbons (Fsp3) is 0.409. The van der Waals surface area contributed by atoms with Crippen molar-refractivity contribution in [2.75, 3.05) is 24.5 Å². The third-order valence-corrected chi connectivity index (χ3v) is 5.20. The lowest BCUT2D eigenvalue weighted by Crippen LogP contribution is -2.47. The van der Waals surface area contributed by atoms with Gasteiger partial charge in [0.2, 0.25) is 5.91 Å². The van der Waals surface area contributed by atoms with Crippen molar-refractivity contribution < 1.29 is 4.79 Å². The van der Waals surface area contributed by atoms with E-state index in [1.54, 1.807) is 6.92 Å². The molecule has 3 rings (SSSR count). The fourth-order valence-corrected chi connectivity index (χ4v) is 3.79. The molecule has 0 atom stereocenters. The Morgan fingerprint density at radius 1 is 1.04 bits per heavy atom. The van der Waals surface area contributed by atoms with Crippen LogP contribution in [0.5, 0.6) is 0 Å². The Labute approximate surface area is 151 Å². The van der Waals surface area contributed by atoms with Crippen LogP contribution in [0.25, 0.3) is 0 Å². The first-order chi connectivity index (χ1) is 12.1. The number of para-hydroxylation sites is 1. The third-order valence-electron chi connectivity index (χ3n) is 5.20. The maximum absolute atomic E-state index is 12.3. The lowest BCUT2D eigenvalue weighted by molar-refractivity contribution is -0.117. The molecule has 2 aromatic carbocycles. The summed E-state index contributed by atoms with van der Waals surface area (Å²) in [5, 5.41) is 0. The summed E-state index contributed by atoms with van der Waals surface area (Å²) in [5.41, 5.74) is 3.64. The van der Waals surface area contributed by atoms with Crippen LogP contribution >= 0.6 is 0 Å². The second-order valence-corrected chi connectivity index (χ2v) is 6.98. The molecular formula is C22H28N2O. The van der Waals surface area contributed by atoms with Gasteiger partial charge in [-0.05, 0) is 43.4 Å². The van der Waals surface area contributed by atoms with Crippen LogP contribution in [0.1, 0.15) is 30.9 Å². The molecule has 3 nitrogen and oxygen atoms in total. The zero-order valence-corrected chi connectivity index (χ0v) is 15.3. The first kappa shape index (κ1) is 17.7. The summed E-state index contributed by atoms with van der Waals surface area (Å²) in [4.78, 5) is 16.8. The van der Waals surface area contributed by atoms with Crippen molar-refractivity contribution in [1.82, 2.24) is 4.90 Å². The second-order valence-electron chi connectivity index (χ2n) is 6.98. The van der Waals surface area contributed by atoms with Gasteiger partial charge in [0.05, 0.1) is 0 Å². The van der Waals surface area contributed by atoms with Gasteiger partial charge in [0.15, 0.2) is 0 Å². The summed E-state index contributed by atoms with van der Waals surface area (Å²) in [6.07, 6.45) is 3.19. The summed E-state index contributed by atoms with van der Waals surface area (Å²) in [6, 6.07) is 19.2. The maximum Gasteiger partial charge on any atom is 0.224 e. The molecule has 25 heavy (non-hydrogen) atoms. The minimum absolute atomic E-state index is 0.150. The average molecular weight is 336 g/mol. The SMILES string of the molecule is CC(=O)N(c1ccccc1C)C1CCN(CCc2ccccc2)CC1. The van der Waals surface area contributed by atoms with Gasteiger partial charge in [-0.25, -0.2) is 0 Å². The van der Waals surface area contributed by atoms with E-state index in [0.717, 1.165) is 44.6 Å². The Bertz CT molecular complexity index is 690. The summed E-state index contributed by atoms with van der Waals surface area (Å²) >= 11 is 0. The Morgan fingerprint density at radius 3 is 2.32 bits per heavy atom. The third kappa shape index (κ3) is 4.49. The van der Waals surface area contributed by atoms with Crippen LogP contribution in [0.3, 0.4) is 0 Å². The van der Waals surface area contributed by atoms with Crippen molar-refractivity contribution in [2.45, 2.75) is 39.2 Å². The van der Waals surface area contributed by atoms with Crippen molar-refractivity contribution in [3.05, 3.63) is 65.7 Å². The monoisotopic (exact) mass is 336 g/mol. The number of carbonyl (C=O) groups is 1. The highest BCUT2D eigenvalue weighted by Gasteiger charge is 2.27. The number of benzene rings is 2. The van der Waals surface area contributed by atoms with Gasteiger partial charge in [-0.2, -0.15) is 0 Å². The molecule has 132 valence electrons. The van der Waals surface area contributed by atoms with Crippen molar-refractivity contribution in [3.63, 3.8) is 0 Å². The smallest absolute Gasteiger partial charge is 0.224 e. The zero-order valence-electron chi connectivity index (χ0n) is 15.3. The molecule has 0 radical (unpaired) electrons. The van der Waals surface area contributed by atoms with Gasteiger partial charge in [0.1, 0.15) is 0 Å². The summed E-state index contributed by atoms with van der Waals surface area (Å²) in [6.45, 7) is 7.00. The molecule has 0 aliphatic carbocycles. The quantitative estimate of drug-likeness (QED) is 0.822. The van der Waals surface area contributed by atoms with Gasteiger partial charge in [-0.3, -0.25) is 4.79 Å². The highest BCUT2D eigenvalue weighted by atomic mass is 16.2. The van der Waals surface area contributed by atoms with Gasteiger partial charge in [-0.15, -0.1) is 0 Å². The van der Waals surface area contributed by atoms with Crippen LogP contribution in [0.4, 0.5) is 5.69 Å². The van der Waals surface area contributed by atoms with Gasteiger partial charge in [0, 0.05) is 38.3 Å². The van der Waals surface area contributed by atoms with E-state index in [9.17, 15) is 4.79 Å². The van der Waals surface area contributed by atoms with E-state index >= 15 is 0 Å². The van der Waals surface area contributed by atoms with Gasteiger partial charge < -0.3 is 9.80 Å². The summed E-state index contributed by atoms with van der Waals surface area (Å²) in [7, 11) is 0. The number of aryl methyl sites for hydroxylation is 1. The van der Waals surface area contributed by atoms with E-state index in [-0.39, 0.29) is 5.91 Å². The molecule has 1 aliphatic heterocycles. The first-order valence-electron chi connectivity index (χ1n) is 9.27. The molecule has 1 amide bonds. The normalized spacial score (nSPS) is 15.9. The number of likely N-dealkylation sites (tertiary alicyclic amines) is 1. The van der Waals surface area contributed by atoms with Crippen LogP contribution < -0.4 is 4.90 Å². The minimum atomic E-state index is 0.150. The standard InChI is InChI=1S/C22H28N2O/c1-18-8-6-7-11-22(18)24(19(2)25)21-13-16-23(17-14-21)15-12-20-9-4-3-5-10-20/h3-11,21H,12-17H2,1-2H3. The van der Waals surface area contributed by atoms with Crippen LogP contribution in [0.15, 0.2) is 54.6 Å². The van der Waals surface area contributed by atoms with E-state index in [4.69, 9.17) is 0 Å². The molecule has 1 saturated heterocycles. The van der Waals surface area contributed by atoms with Crippen LogP contribution in [-0.4, -0.2) is 36.5 Å². The average Bonchev–Trinajstić information content (AvgIpc) is 2.63. The molecule has 0 N–H and O–H groups in total. The van der Waals surface area contributed by atoms with Crippen LogP contribution in [0, 0.1) is 6.92 Å². The molecule has 1 heterocycles. The first-order valence-corrected chi connectivity index (χ1v) is 9.27. The molecule has 1 aliphatic rings. The fourth-order valence-electron chi connectivity index (χ4n) is 3.79. The predicted molar refractivity (Wildman–Crippen MR) is 104 cm³/mol. The van der Waals surface area contributed by atoms with E-state index in [1.807, 2.05) is 17.0 Å². The molecule has 3 heteroatoms. The Kier molecular flexibility index (Phi) is 5.87. The van der Waals surface area contributed by atoms with Crippen LogP contribution in [0.2, 0.25) is 0 Å². The minimum Gasteiger partial charge on any atom is -0.309 e. The summed E-state index contributed by atoms with van der Waals surface area (Å²) < 4.78 is 0.